The molecule has 0 amide bonds. The van der Waals surface area contributed by atoms with Crippen molar-refractivity contribution >= 4 is 0 Å². The lowest BCUT2D eigenvalue weighted by Gasteiger charge is -2.16. The summed E-state index contributed by atoms with van der Waals surface area (Å²) in [6.45, 7) is 1.56. The molecule has 3 aromatic rings. The fraction of sp³-hybridized carbons (Fsp3) is 0.211. The number of aryl methyl sites for hydroxylation is 1. The highest BCUT2D eigenvalue weighted by molar-refractivity contribution is 5.63. The summed E-state index contributed by atoms with van der Waals surface area (Å²) >= 11 is 0. The Morgan fingerprint density at radius 3 is 2.58 bits per heavy atom. The molecule has 0 spiro atoms. The molecule has 0 bridgehead atoms. The van der Waals surface area contributed by atoms with Gasteiger partial charge in [0.05, 0.1) is 23.0 Å². The molecule has 0 saturated heterocycles. The highest BCUT2D eigenvalue weighted by Crippen LogP contribution is 2.23. The fourth-order valence-corrected chi connectivity index (χ4v) is 2.71. The van der Waals surface area contributed by atoms with Gasteiger partial charge in [-0.1, -0.05) is 18.2 Å². The Balaban J connectivity index is 1.79. The summed E-state index contributed by atoms with van der Waals surface area (Å²) in [4.78, 5) is 6.59. The Morgan fingerprint density at radius 2 is 1.92 bits per heavy atom. The molecule has 0 N–H and O–H groups in total. The standard InChI is InChI=1S/C19H19N5/c1-23(14-18-5-3-4-10-21-18)12-17-13-24(2)22-19(17)16-8-6-15(11-20)7-9-16/h3-10,13H,12,14H2,1-2H3. The van der Waals surface area contributed by atoms with E-state index in [4.69, 9.17) is 5.26 Å². The molecule has 0 aliphatic heterocycles. The van der Waals surface area contributed by atoms with Crippen LogP contribution < -0.4 is 0 Å². The number of aromatic nitrogens is 3. The summed E-state index contributed by atoms with van der Waals surface area (Å²) in [6.07, 6.45) is 3.86. The van der Waals surface area contributed by atoms with Gasteiger partial charge in [0, 0.05) is 43.7 Å². The number of rotatable bonds is 5. The summed E-state index contributed by atoms with van der Waals surface area (Å²) < 4.78 is 1.83. The molecule has 120 valence electrons. The fourth-order valence-electron chi connectivity index (χ4n) is 2.71. The van der Waals surface area contributed by atoms with Crippen LogP contribution in [0.1, 0.15) is 16.8 Å². The van der Waals surface area contributed by atoms with Crippen LogP contribution in [-0.2, 0) is 20.1 Å². The Kier molecular flexibility index (Phi) is 4.69. The van der Waals surface area contributed by atoms with Crippen molar-refractivity contribution in [2.24, 2.45) is 7.05 Å². The molecule has 1 aromatic carbocycles. The third-order valence-electron chi connectivity index (χ3n) is 3.79. The Morgan fingerprint density at radius 1 is 1.12 bits per heavy atom. The molecule has 2 aromatic heterocycles. The van der Waals surface area contributed by atoms with Gasteiger partial charge >= 0.3 is 0 Å². The second kappa shape index (κ2) is 7.07. The molecule has 0 saturated carbocycles. The number of nitrogens with zero attached hydrogens (tertiary/aromatic N) is 5. The first-order chi connectivity index (χ1) is 11.7. The molecule has 0 unspecified atom stereocenters. The predicted molar refractivity (Wildman–Crippen MR) is 92.8 cm³/mol. The van der Waals surface area contributed by atoms with Crippen molar-refractivity contribution in [2.45, 2.75) is 13.1 Å². The van der Waals surface area contributed by atoms with E-state index < -0.39 is 0 Å². The SMILES string of the molecule is CN(Cc1ccccn1)Cc1cn(C)nc1-c1ccc(C#N)cc1. The largest absolute Gasteiger partial charge is 0.296 e. The van der Waals surface area contributed by atoms with Crippen molar-refractivity contribution in [1.82, 2.24) is 19.7 Å². The zero-order valence-electron chi connectivity index (χ0n) is 13.8. The van der Waals surface area contributed by atoms with Gasteiger partial charge in [0.15, 0.2) is 0 Å². The molecule has 5 heteroatoms. The van der Waals surface area contributed by atoms with E-state index in [2.05, 4.69) is 28.1 Å². The monoisotopic (exact) mass is 317 g/mol. The van der Waals surface area contributed by atoms with Crippen molar-refractivity contribution in [2.75, 3.05) is 7.05 Å². The molecule has 3 rings (SSSR count). The molecule has 5 nitrogen and oxygen atoms in total. The van der Waals surface area contributed by atoms with Gasteiger partial charge in [-0.05, 0) is 31.3 Å². The first-order valence-corrected chi connectivity index (χ1v) is 7.77. The maximum absolute atomic E-state index is 8.93. The van der Waals surface area contributed by atoms with Crippen LogP contribution in [0.25, 0.3) is 11.3 Å². The summed E-state index contributed by atoms with van der Waals surface area (Å²) in [7, 11) is 4.00. The van der Waals surface area contributed by atoms with Crippen molar-refractivity contribution < 1.29 is 0 Å². The van der Waals surface area contributed by atoms with Crippen LogP contribution in [0.5, 0.6) is 0 Å². The van der Waals surface area contributed by atoms with Crippen LogP contribution in [0.2, 0.25) is 0 Å². The Hall–Kier alpha value is -2.97. The predicted octanol–water partition coefficient (Wildman–Crippen LogP) is 2.99. The van der Waals surface area contributed by atoms with Gasteiger partial charge in [0.1, 0.15) is 0 Å². The highest BCUT2D eigenvalue weighted by atomic mass is 15.3. The number of nitriles is 1. The average Bonchev–Trinajstić information content (AvgIpc) is 2.96. The van der Waals surface area contributed by atoms with Crippen LogP contribution >= 0.6 is 0 Å². The van der Waals surface area contributed by atoms with Crippen LogP contribution in [-0.4, -0.2) is 26.7 Å². The quantitative estimate of drug-likeness (QED) is 0.726. The molecule has 0 aliphatic carbocycles. The second-order valence-electron chi connectivity index (χ2n) is 5.86. The second-order valence-corrected chi connectivity index (χ2v) is 5.86. The minimum Gasteiger partial charge on any atom is -0.296 e. The van der Waals surface area contributed by atoms with E-state index in [1.807, 2.05) is 66.6 Å². The van der Waals surface area contributed by atoms with Crippen LogP contribution in [0.3, 0.4) is 0 Å². The molecular formula is C19H19N5. The van der Waals surface area contributed by atoms with Crippen molar-refractivity contribution in [3.05, 3.63) is 71.7 Å². The average molecular weight is 317 g/mol. The molecule has 0 aliphatic rings. The van der Waals surface area contributed by atoms with Gasteiger partial charge in [-0.3, -0.25) is 14.6 Å². The smallest absolute Gasteiger partial charge is 0.0991 e. The van der Waals surface area contributed by atoms with E-state index in [-0.39, 0.29) is 0 Å². The first-order valence-electron chi connectivity index (χ1n) is 7.77. The van der Waals surface area contributed by atoms with E-state index >= 15 is 0 Å². The first kappa shape index (κ1) is 15.9. The third-order valence-corrected chi connectivity index (χ3v) is 3.79. The Bertz CT molecular complexity index is 844. The highest BCUT2D eigenvalue weighted by Gasteiger charge is 2.12. The lowest BCUT2D eigenvalue weighted by atomic mass is 10.1. The molecule has 2 heterocycles. The van der Waals surface area contributed by atoms with Crippen LogP contribution in [0, 0.1) is 11.3 Å². The Labute approximate surface area is 141 Å². The number of benzene rings is 1. The van der Waals surface area contributed by atoms with E-state index in [9.17, 15) is 0 Å². The minimum atomic E-state index is 0.656. The van der Waals surface area contributed by atoms with Crippen molar-refractivity contribution in [3.8, 4) is 17.3 Å². The normalized spacial score (nSPS) is 10.8. The van der Waals surface area contributed by atoms with Gasteiger partial charge in [-0.2, -0.15) is 10.4 Å². The van der Waals surface area contributed by atoms with Crippen molar-refractivity contribution in [3.63, 3.8) is 0 Å². The van der Waals surface area contributed by atoms with Gasteiger partial charge in [-0.25, -0.2) is 0 Å². The summed E-state index contributed by atoms with van der Waals surface area (Å²) in [5, 5.41) is 13.5. The summed E-state index contributed by atoms with van der Waals surface area (Å²) in [6, 6.07) is 15.6. The number of hydrogen-bond acceptors (Lipinski definition) is 4. The van der Waals surface area contributed by atoms with Crippen LogP contribution in [0.4, 0.5) is 0 Å². The van der Waals surface area contributed by atoms with E-state index in [1.54, 1.807) is 0 Å². The minimum absolute atomic E-state index is 0.656. The number of pyridine rings is 1. The third kappa shape index (κ3) is 3.67. The summed E-state index contributed by atoms with van der Waals surface area (Å²) in [5.41, 5.74) is 4.83. The van der Waals surface area contributed by atoms with Crippen LogP contribution in [0.15, 0.2) is 54.9 Å². The molecule has 0 fully saturated rings. The van der Waals surface area contributed by atoms with Gasteiger partial charge < -0.3 is 0 Å². The van der Waals surface area contributed by atoms with E-state index in [0.29, 0.717) is 5.56 Å². The van der Waals surface area contributed by atoms with E-state index in [1.165, 1.54) is 0 Å². The topological polar surface area (TPSA) is 57.7 Å². The lowest BCUT2D eigenvalue weighted by Crippen LogP contribution is -2.18. The maximum atomic E-state index is 8.93. The molecule has 0 atom stereocenters. The van der Waals surface area contributed by atoms with Gasteiger partial charge in [-0.15, -0.1) is 0 Å². The van der Waals surface area contributed by atoms with E-state index in [0.717, 1.165) is 35.6 Å². The summed E-state index contributed by atoms with van der Waals surface area (Å²) in [5.74, 6) is 0. The number of hydrogen-bond donors (Lipinski definition) is 0. The maximum Gasteiger partial charge on any atom is 0.0991 e. The molecule has 24 heavy (non-hydrogen) atoms. The molecular weight excluding hydrogens is 298 g/mol. The molecule has 0 radical (unpaired) electrons. The van der Waals surface area contributed by atoms with Gasteiger partial charge in [0.2, 0.25) is 0 Å². The zero-order valence-corrected chi connectivity index (χ0v) is 13.8. The van der Waals surface area contributed by atoms with Gasteiger partial charge in [0.25, 0.3) is 0 Å². The lowest BCUT2D eigenvalue weighted by molar-refractivity contribution is 0.315. The zero-order chi connectivity index (χ0) is 16.9. The van der Waals surface area contributed by atoms with Crippen molar-refractivity contribution in [1.29, 1.82) is 5.26 Å².